The molecule has 0 aliphatic rings. The molecule has 1 rings (SSSR count). The zero-order chi connectivity index (χ0) is 14.1. The second-order valence-electron chi connectivity index (χ2n) is 5.98. The highest BCUT2D eigenvalue weighted by molar-refractivity contribution is 5.58. The molecule has 0 heterocycles. The third kappa shape index (κ3) is 3.15. The highest BCUT2D eigenvalue weighted by Gasteiger charge is 2.29. The summed E-state index contributed by atoms with van der Waals surface area (Å²) in [5.41, 5.74) is 7.27. The molecule has 4 nitrogen and oxygen atoms in total. The Morgan fingerprint density at radius 3 is 2.22 bits per heavy atom. The second-order valence-corrected chi connectivity index (χ2v) is 5.98. The molecule has 1 aromatic carbocycles. The molecule has 0 aliphatic carbocycles. The SMILES string of the molecule is CN(C)c1cc(C(O)C(N)C(C)(C)C)ccc1O. The molecule has 102 valence electrons. The Kier molecular flexibility index (Phi) is 4.24. The second kappa shape index (κ2) is 5.16. The van der Waals surface area contributed by atoms with Crippen LogP contribution in [0.5, 0.6) is 5.75 Å². The van der Waals surface area contributed by atoms with Crippen LogP contribution in [0, 0.1) is 5.41 Å². The van der Waals surface area contributed by atoms with Crippen molar-refractivity contribution < 1.29 is 10.2 Å². The van der Waals surface area contributed by atoms with Gasteiger partial charge in [-0.05, 0) is 23.1 Å². The fourth-order valence-electron chi connectivity index (χ4n) is 1.76. The first-order valence-electron chi connectivity index (χ1n) is 6.08. The van der Waals surface area contributed by atoms with Gasteiger partial charge < -0.3 is 20.8 Å². The van der Waals surface area contributed by atoms with Crippen molar-refractivity contribution in [3.63, 3.8) is 0 Å². The summed E-state index contributed by atoms with van der Waals surface area (Å²) in [4.78, 5) is 1.80. The minimum absolute atomic E-state index is 0.185. The van der Waals surface area contributed by atoms with Gasteiger partial charge in [-0.25, -0.2) is 0 Å². The van der Waals surface area contributed by atoms with Crippen molar-refractivity contribution in [1.82, 2.24) is 0 Å². The van der Waals surface area contributed by atoms with E-state index in [4.69, 9.17) is 5.73 Å². The summed E-state index contributed by atoms with van der Waals surface area (Å²) in [5.74, 6) is 0.195. The molecular formula is C14H24N2O2. The van der Waals surface area contributed by atoms with Crippen LogP contribution in [0.15, 0.2) is 18.2 Å². The number of phenolic OH excluding ortho intramolecular Hbond substituents is 1. The van der Waals surface area contributed by atoms with Gasteiger partial charge in [0.2, 0.25) is 0 Å². The Hall–Kier alpha value is -1.26. The lowest BCUT2D eigenvalue weighted by atomic mass is 9.82. The Labute approximate surface area is 109 Å². The van der Waals surface area contributed by atoms with E-state index in [-0.39, 0.29) is 17.2 Å². The van der Waals surface area contributed by atoms with Crippen LogP contribution in [-0.2, 0) is 0 Å². The van der Waals surface area contributed by atoms with Gasteiger partial charge in [-0.2, -0.15) is 0 Å². The van der Waals surface area contributed by atoms with E-state index in [0.29, 0.717) is 5.69 Å². The van der Waals surface area contributed by atoms with E-state index >= 15 is 0 Å². The number of anilines is 1. The summed E-state index contributed by atoms with van der Waals surface area (Å²) in [6.07, 6.45) is -0.746. The minimum Gasteiger partial charge on any atom is -0.506 e. The topological polar surface area (TPSA) is 69.7 Å². The number of nitrogens with two attached hydrogens (primary N) is 1. The molecule has 2 unspecified atom stereocenters. The van der Waals surface area contributed by atoms with Gasteiger partial charge in [0.1, 0.15) is 5.75 Å². The van der Waals surface area contributed by atoms with Gasteiger partial charge in [0, 0.05) is 20.1 Å². The number of phenols is 1. The average Bonchev–Trinajstić information content (AvgIpc) is 2.26. The maximum atomic E-state index is 10.3. The molecular weight excluding hydrogens is 228 g/mol. The van der Waals surface area contributed by atoms with Crippen LogP contribution in [-0.4, -0.2) is 30.4 Å². The van der Waals surface area contributed by atoms with Gasteiger partial charge in [0.25, 0.3) is 0 Å². The van der Waals surface area contributed by atoms with E-state index < -0.39 is 6.10 Å². The zero-order valence-electron chi connectivity index (χ0n) is 11.8. The maximum Gasteiger partial charge on any atom is 0.138 e. The molecule has 0 bridgehead atoms. The van der Waals surface area contributed by atoms with Crippen LogP contribution < -0.4 is 10.6 Å². The number of hydrogen-bond donors (Lipinski definition) is 3. The molecule has 0 amide bonds. The molecule has 0 aromatic heterocycles. The van der Waals surface area contributed by atoms with Gasteiger partial charge in [0.05, 0.1) is 11.8 Å². The first kappa shape index (κ1) is 14.8. The molecule has 1 aromatic rings. The first-order valence-corrected chi connectivity index (χ1v) is 6.08. The minimum atomic E-state index is -0.746. The first-order chi connectivity index (χ1) is 8.14. The van der Waals surface area contributed by atoms with Crippen LogP contribution in [0.4, 0.5) is 5.69 Å². The number of benzene rings is 1. The number of rotatable bonds is 3. The molecule has 0 fully saturated rings. The van der Waals surface area contributed by atoms with Gasteiger partial charge in [-0.15, -0.1) is 0 Å². The molecule has 0 saturated heterocycles. The van der Waals surface area contributed by atoms with Crippen molar-refractivity contribution in [2.45, 2.75) is 32.9 Å². The van der Waals surface area contributed by atoms with Gasteiger partial charge in [0.15, 0.2) is 0 Å². The van der Waals surface area contributed by atoms with E-state index in [1.54, 1.807) is 23.1 Å². The number of hydrogen-bond acceptors (Lipinski definition) is 4. The fourth-order valence-corrected chi connectivity index (χ4v) is 1.76. The summed E-state index contributed by atoms with van der Waals surface area (Å²) in [5, 5.41) is 20.0. The van der Waals surface area contributed by atoms with E-state index in [2.05, 4.69) is 0 Å². The standard InChI is InChI=1S/C14H24N2O2/c1-14(2,3)13(15)12(18)9-6-7-11(17)10(8-9)16(4)5/h6-8,12-13,17-18H,15H2,1-5H3. The van der Waals surface area contributed by atoms with Gasteiger partial charge >= 0.3 is 0 Å². The van der Waals surface area contributed by atoms with E-state index in [1.807, 2.05) is 34.9 Å². The lowest BCUT2D eigenvalue weighted by Crippen LogP contribution is -2.40. The normalized spacial score (nSPS) is 15.3. The molecule has 4 heteroatoms. The lowest BCUT2D eigenvalue weighted by Gasteiger charge is -2.31. The quantitative estimate of drug-likeness (QED) is 0.768. The average molecular weight is 252 g/mol. The summed E-state index contributed by atoms with van der Waals surface area (Å²) < 4.78 is 0. The van der Waals surface area contributed by atoms with Crippen molar-refractivity contribution in [2.75, 3.05) is 19.0 Å². The molecule has 0 radical (unpaired) electrons. The predicted molar refractivity (Wildman–Crippen MR) is 74.8 cm³/mol. The Bertz CT molecular complexity index is 411. The molecule has 0 spiro atoms. The third-order valence-corrected chi connectivity index (χ3v) is 3.16. The highest BCUT2D eigenvalue weighted by Crippen LogP contribution is 2.33. The van der Waals surface area contributed by atoms with Crippen LogP contribution in [0.1, 0.15) is 32.4 Å². The van der Waals surface area contributed by atoms with Gasteiger partial charge in [-0.1, -0.05) is 26.8 Å². The Morgan fingerprint density at radius 2 is 1.78 bits per heavy atom. The lowest BCUT2D eigenvalue weighted by molar-refractivity contribution is 0.0926. The maximum absolute atomic E-state index is 10.3. The molecule has 0 saturated carbocycles. The summed E-state index contributed by atoms with van der Waals surface area (Å²) in [6, 6.07) is 4.70. The fraction of sp³-hybridized carbons (Fsp3) is 0.571. The molecule has 4 N–H and O–H groups in total. The predicted octanol–water partition coefficient (Wildman–Crippen LogP) is 1.86. The summed E-state index contributed by atoms with van der Waals surface area (Å²) >= 11 is 0. The van der Waals surface area contributed by atoms with Crippen LogP contribution in [0.3, 0.4) is 0 Å². The monoisotopic (exact) mass is 252 g/mol. The van der Waals surface area contributed by atoms with E-state index in [9.17, 15) is 10.2 Å². The van der Waals surface area contributed by atoms with Crippen molar-refractivity contribution in [2.24, 2.45) is 11.1 Å². The third-order valence-electron chi connectivity index (χ3n) is 3.16. The van der Waals surface area contributed by atoms with Crippen LogP contribution in [0.25, 0.3) is 0 Å². The van der Waals surface area contributed by atoms with Crippen molar-refractivity contribution in [3.8, 4) is 5.75 Å². The Balaban J connectivity index is 3.07. The molecule has 2 atom stereocenters. The zero-order valence-corrected chi connectivity index (χ0v) is 11.8. The van der Waals surface area contributed by atoms with Crippen LogP contribution >= 0.6 is 0 Å². The molecule has 18 heavy (non-hydrogen) atoms. The van der Waals surface area contributed by atoms with Crippen molar-refractivity contribution in [1.29, 1.82) is 0 Å². The van der Waals surface area contributed by atoms with Crippen LogP contribution in [0.2, 0.25) is 0 Å². The number of aromatic hydroxyl groups is 1. The van der Waals surface area contributed by atoms with E-state index in [1.165, 1.54) is 0 Å². The highest BCUT2D eigenvalue weighted by atomic mass is 16.3. The van der Waals surface area contributed by atoms with E-state index in [0.717, 1.165) is 5.56 Å². The summed E-state index contributed by atoms with van der Waals surface area (Å²) in [6.45, 7) is 5.98. The largest absolute Gasteiger partial charge is 0.506 e. The summed E-state index contributed by atoms with van der Waals surface area (Å²) in [7, 11) is 3.68. The van der Waals surface area contributed by atoms with Crippen molar-refractivity contribution >= 4 is 5.69 Å². The van der Waals surface area contributed by atoms with Gasteiger partial charge in [-0.3, -0.25) is 0 Å². The van der Waals surface area contributed by atoms with Crippen molar-refractivity contribution in [3.05, 3.63) is 23.8 Å². The number of aliphatic hydroxyl groups is 1. The number of nitrogens with zero attached hydrogens (tertiary/aromatic N) is 1. The number of aliphatic hydroxyl groups excluding tert-OH is 1. The smallest absolute Gasteiger partial charge is 0.138 e. The molecule has 0 aliphatic heterocycles. The Morgan fingerprint density at radius 1 is 1.22 bits per heavy atom.